The molecule has 132 valence electrons. The summed E-state index contributed by atoms with van der Waals surface area (Å²) in [6.07, 6.45) is 8.60. The lowest BCUT2D eigenvalue weighted by Crippen LogP contribution is -2.31. The number of hydrogen-bond donors (Lipinski definition) is 1. The van der Waals surface area contributed by atoms with Gasteiger partial charge in [0.05, 0.1) is 5.69 Å². The highest BCUT2D eigenvalue weighted by molar-refractivity contribution is 7.98. The second-order valence-electron chi connectivity index (χ2n) is 6.84. The predicted octanol–water partition coefficient (Wildman–Crippen LogP) is 2.54. The zero-order valence-corrected chi connectivity index (χ0v) is 15.6. The second kappa shape index (κ2) is 8.19. The molecule has 0 saturated heterocycles. The van der Waals surface area contributed by atoms with Crippen LogP contribution in [-0.2, 0) is 24.1 Å². The molecular formula is C18H28N4OS. The molecule has 1 fully saturated rings. The Bertz CT molecular complexity index is 589. The van der Waals surface area contributed by atoms with E-state index in [-0.39, 0.29) is 5.91 Å². The van der Waals surface area contributed by atoms with E-state index in [0.717, 1.165) is 74.3 Å². The van der Waals surface area contributed by atoms with Crippen LogP contribution in [0.1, 0.15) is 43.3 Å². The number of nitrogens with one attached hydrogen (secondary N) is 1. The molecule has 1 N–H and O–H groups in total. The third-order valence-corrected chi connectivity index (χ3v) is 5.52. The fourth-order valence-electron chi connectivity index (χ4n) is 3.21. The van der Waals surface area contributed by atoms with Gasteiger partial charge in [0, 0.05) is 45.0 Å². The van der Waals surface area contributed by atoms with Crippen LogP contribution in [0.4, 0.5) is 5.82 Å². The van der Waals surface area contributed by atoms with Crippen LogP contribution in [0.25, 0.3) is 0 Å². The maximum atomic E-state index is 11.7. The molecule has 1 saturated carbocycles. The Morgan fingerprint density at radius 3 is 2.79 bits per heavy atom. The van der Waals surface area contributed by atoms with Crippen LogP contribution in [0.5, 0.6) is 0 Å². The predicted molar refractivity (Wildman–Crippen MR) is 99.6 cm³/mol. The molecule has 1 aliphatic heterocycles. The van der Waals surface area contributed by atoms with Gasteiger partial charge in [0.1, 0.15) is 11.6 Å². The molecule has 5 nitrogen and oxygen atoms in total. The monoisotopic (exact) mass is 348 g/mol. The van der Waals surface area contributed by atoms with Crippen molar-refractivity contribution >= 4 is 23.5 Å². The summed E-state index contributed by atoms with van der Waals surface area (Å²) in [5, 5.41) is 3.55. The number of thioether (sulfide) groups is 1. The van der Waals surface area contributed by atoms with E-state index in [4.69, 9.17) is 9.97 Å². The Hall–Kier alpha value is -1.30. The molecule has 0 aromatic carbocycles. The minimum absolute atomic E-state index is 0.156. The highest BCUT2D eigenvalue weighted by atomic mass is 32.2. The van der Waals surface area contributed by atoms with Gasteiger partial charge in [-0.1, -0.05) is 0 Å². The molecule has 0 bridgehead atoms. The van der Waals surface area contributed by atoms with Crippen LogP contribution < -0.4 is 5.32 Å². The van der Waals surface area contributed by atoms with E-state index in [1.54, 1.807) is 6.92 Å². The maximum absolute atomic E-state index is 11.7. The van der Waals surface area contributed by atoms with E-state index in [9.17, 15) is 4.79 Å². The zero-order valence-electron chi connectivity index (χ0n) is 14.8. The van der Waals surface area contributed by atoms with E-state index in [2.05, 4.69) is 11.6 Å². The zero-order chi connectivity index (χ0) is 16.9. The largest absolute Gasteiger partial charge is 0.370 e. The number of aromatic nitrogens is 2. The van der Waals surface area contributed by atoms with Crippen molar-refractivity contribution in [1.29, 1.82) is 0 Å². The normalized spacial score (nSPS) is 17.3. The minimum atomic E-state index is 0.156. The summed E-state index contributed by atoms with van der Waals surface area (Å²) in [6.45, 7) is 4.15. The Morgan fingerprint density at radius 1 is 1.29 bits per heavy atom. The fraction of sp³-hybridized carbons (Fsp3) is 0.722. The number of nitrogens with zero attached hydrogens (tertiary/aromatic N) is 3. The van der Waals surface area contributed by atoms with Crippen LogP contribution in [0.15, 0.2) is 0 Å². The van der Waals surface area contributed by atoms with E-state index < -0.39 is 0 Å². The van der Waals surface area contributed by atoms with Gasteiger partial charge in [0.15, 0.2) is 0 Å². The van der Waals surface area contributed by atoms with Gasteiger partial charge in [-0.05, 0) is 43.6 Å². The van der Waals surface area contributed by atoms with Crippen molar-refractivity contribution < 1.29 is 4.79 Å². The van der Waals surface area contributed by atoms with E-state index in [0.29, 0.717) is 0 Å². The molecule has 2 aliphatic rings. The quantitative estimate of drug-likeness (QED) is 0.768. The third-order valence-electron chi connectivity index (χ3n) is 4.82. The SMILES string of the molecule is CSCCCNc1nc(CC2CC2)nc2c1CCN(C(C)=O)CC2. The number of fused-ring (bicyclic) bond motifs is 1. The Labute approximate surface area is 149 Å². The van der Waals surface area contributed by atoms with Gasteiger partial charge < -0.3 is 10.2 Å². The average molecular weight is 349 g/mol. The van der Waals surface area contributed by atoms with Crippen LogP contribution in [0.2, 0.25) is 0 Å². The van der Waals surface area contributed by atoms with Crippen molar-refractivity contribution in [3.63, 3.8) is 0 Å². The lowest BCUT2D eigenvalue weighted by atomic mass is 10.1. The van der Waals surface area contributed by atoms with E-state index in [1.165, 1.54) is 18.4 Å². The number of hydrogen-bond acceptors (Lipinski definition) is 5. The summed E-state index contributed by atoms with van der Waals surface area (Å²) >= 11 is 1.88. The highest BCUT2D eigenvalue weighted by Gasteiger charge is 2.25. The third kappa shape index (κ3) is 4.62. The topological polar surface area (TPSA) is 58.1 Å². The van der Waals surface area contributed by atoms with Gasteiger partial charge >= 0.3 is 0 Å². The van der Waals surface area contributed by atoms with Crippen molar-refractivity contribution in [2.24, 2.45) is 5.92 Å². The summed E-state index contributed by atoms with van der Waals surface area (Å²) in [6, 6.07) is 0. The second-order valence-corrected chi connectivity index (χ2v) is 7.83. The van der Waals surface area contributed by atoms with E-state index >= 15 is 0 Å². The molecule has 1 amide bonds. The lowest BCUT2D eigenvalue weighted by Gasteiger charge is -2.17. The van der Waals surface area contributed by atoms with Crippen molar-refractivity contribution in [3.05, 3.63) is 17.1 Å². The van der Waals surface area contributed by atoms with E-state index in [1.807, 2.05) is 16.7 Å². The number of amides is 1. The molecule has 6 heteroatoms. The van der Waals surface area contributed by atoms with Gasteiger partial charge in [-0.15, -0.1) is 0 Å². The van der Waals surface area contributed by atoms with Gasteiger partial charge in [-0.25, -0.2) is 9.97 Å². The van der Waals surface area contributed by atoms with Crippen LogP contribution in [0, 0.1) is 5.92 Å². The van der Waals surface area contributed by atoms with Gasteiger partial charge in [0.2, 0.25) is 5.91 Å². The molecule has 0 spiro atoms. The Morgan fingerprint density at radius 2 is 2.08 bits per heavy atom. The van der Waals surface area contributed by atoms with Crippen LogP contribution >= 0.6 is 11.8 Å². The van der Waals surface area contributed by atoms with Crippen LogP contribution in [-0.4, -0.2) is 52.4 Å². The Kier molecular flexibility index (Phi) is 5.98. The van der Waals surface area contributed by atoms with Gasteiger partial charge in [-0.2, -0.15) is 11.8 Å². The first-order valence-electron chi connectivity index (χ1n) is 9.04. The van der Waals surface area contributed by atoms with Gasteiger partial charge in [0.25, 0.3) is 0 Å². The van der Waals surface area contributed by atoms with Gasteiger partial charge in [-0.3, -0.25) is 4.79 Å². The minimum Gasteiger partial charge on any atom is -0.370 e. The summed E-state index contributed by atoms with van der Waals surface area (Å²) < 4.78 is 0. The molecule has 1 aliphatic carbocycles. The Balaban J connectivity index is 1.78. The number of carbonyl (C=O) groups excluding carboxylic acids is 1. The molecule has 0 atom stereocenters. The summed E-state index contributed by atoms with van der Waals surface area (Å²) in [5.41, 5.74) is 2.37. The molecule has 0 radical (unpaired) electrons. The standard InChI is InChI=1S/C18H28N4OS/c1-13(23)22-9-6-15-16(7-10-22)20-17(12-14-4-5-14)21-18(15)19-8-3-11-24-2/h14H,3-12H2,1-2H3,(H,19,20,21). The average Bonchev–Trinajstić information content (AvgIpc) is 3.37. The van der Waals surface area contributed by atoms with Crippen LogP contribution in [0.3, 0.4) is 0 Å². The molecule has 24 heavy (non-hydrogen) atoms. The number of rotatable bonds is 7. The number of anilines is 1. The molecular weight excluding hydrogens is 320 g/mol. The first-order chi connectivity index (χ1) is 11.7. The summed E-state index contributed by atoms with van der Waals surface area (Å²) in [5.74, 6) is 4.10. The van der Waals surface area contributed by atoms with Crippen molar-refractivity contribution in [2.45, 2.75) is 45.4 Å². The molecule has 0 unspecified atom stereocenters. The molecule has 2 heterocycles. The summed E-state index contributed by atoms with van der Waals surface area (Å²) in [4.78, 5) is 23.4. The molecule has 1 aromatic heterocycles. The highest BCUT2D eigenvalue weighted by Crippen LogP contribution is 2.32. The van der Waals surface area contributed by atoms with Crippen molar-refractivity contribution in [3.8, 4) is 0 Å². The maximum Gasteiger partial charge on any atom is 0.219 e. The first-order valence-corrected chi connectivity index (χ1v) is 10.4. The lowest BCUT2D eigenvalue weighted by molar-refractivity contribution is -0.128. The van der Waals surface area contributed by atoms with Crippen molar-refractivity contribution in [2.75, 3.05) is 37.0 Å². The molecule has 3 rings (SSSR count). The molecule has 1 aromatic rings. The van der Waals surface area contributed by atoms with Crippen molar-refractivity contribution in [1.82, 2.24) is 14.9 Å². The number of carbonyl (C=O) groups is 1. The smallest absolute Gasteiger partial charge is 0.219 e. The first kappa shape index (κ1) is 17.5. The summed E-state index contributed by atoms with van der Waals surface area (Å²) in [7, 11) is 0. The fourth-order valence-corrected chi connectivity index (χ4v) is 3.64.